The van der Waals surface area contributed by atoms with E-state index < -0.39 is 0 Å². The van der Waals surface area contributed by atoms with E-state index in [-0.39, 0.29) is 0 Å². The maximum Gasteiger partial charge on any atom is 0.220 e. The fraction of sp³-hybridized carbons (Fsp3) is 0.750. The van der Waals surface area contributed by atoms with Gasteiger partial charge in [-0.15, -0.1) is 0 Å². The van der Waals surface area contributed by atoms with Crippen molar-refractivity contribution in [1.29, 1.82) is 0 Å². The normalized spacial score (nSPS) is 22.8. The number of nitrogens with zero attached hydrogens (tertiary/aromatic N) is 2. The van der Waals surface area contributed by atoms with Crippen molar-refractivity contribution in [2.75, 3.05) is 5.73 Å². The molecule has 5 heteroatoms. The molecule has 0 amide bonds. The van der Waals surface area contributed by atoms with Crippen LogP contribution in [-0.4, -0.2) is 21.3 Å². The standard InChI is InChI=1S/C16H28N4S/c1-4-6-7-14(5-2)21-20-13-9-12(10-13)15-8-11(3)18-16(17)19-15/h8,12-14,20H,4-7,9-10H2,1-3H3,(H2,17,18,19). The minimum absolute atomic E-state index is 0.404. The van der Waals surface area contributed by atoms with Crippen LogP contribution in [-0.2, 0) is 0 Å². The number of rotatable bonds is 8. The van der Waals surface area contributed by atoms with Gasteiger partial charge < -0.3 is 5.73 Å². The average Bonchev–Trinajstić information content (AvgIpc) is 2.39. The molecular weight excluding hydrogens is 280 g/mol. The van der Waals surface area contributed by atoms with Crippen molar-refractivity contribution < 1.29 is 0 Å². The van der Waals surface area contributed by atoms with Crippen molar-refractivity contribution in [1.82, 2.24) is 14.7 Å². The van der Waals surface area contributed by atoms with Gasteiger partial charge in [0.2, 0.25) is 5.95 Å². The van der Waals surface area contributed by atoms with Gasteiger partial charge in [-0.3, -0.25) is 4.72 Å². The maximum atomic E-state index is 5.73. The number of nitrogens with two attached hydrogens (primary N) is 1. The highest BCUT2D eigenvalue weighted by molar-refractivity contribution is 7.98. The SMILES string of the molecule is CCCCC(CC)SNC1CC(c2cc(C)nc(N)n2)C1. The second-order valence-electron chi connectivity index (χ2n) is 6.07. The Kier molecular flexibility index (Phi) is 6.30. The van der Waals surface area contributed by atoms with E-state index in [1.807, 2.05) is 18.9 Å². The summed E-state index contributed by atoms with van der Waals surface area (Å²) in [5, 5.41) is 0.751. The molecule has 1 heterocycles. The Balaban J connectivity index is 1.73. The largest absolute Gasteiger partial charge is 0.368 e. The summed E-state index contributed by atoms with van der Waals surface area (Å²) in [5.41, 5.74) is 7.81. The Labute approximate surface area is 132 Å². The van der Waals surface area contributed by atoms with Crippen LogP contribution in [0.1, 0.15) is 69.7 Å². The first-order valence-electron chi connectivity index (χ1n) is 8.14. The Morgan fingerprint density at radius 1 is 1.38 bits per heavy atom. The van der Waals surface area contributed by atoms with Gasteiger partial charge in [0.25, 0.3) is 0 Å². The van der Waals surface area contributed by atoms with E-state index in [1.54, 1.807) is 0 Å². The number of nitrogen functional groups attached to an aromatic ring is 1. The number of hydrogen-bond donors (Lipinski definition) is 2. The minimum Gasteiger partial charge on any atom is -0.368 e. The first kappa shape index (κ1) is 16.6. The number of unbranched alkanes of at least 4 members (excludes halogenated alkanes) is 1. The number of aromatic nitrogens is 2. The maximum absolute atomic E-state index is 5.73. The fourth-order valence-corrected chi connectivity index (χ4v) is 3.78. The molecule has 0 aliphatic heterocycles. The molecule has 4 nitrogen and oxygen atoms in total. The lowest BCUT2D eigenvalue weighted by atomic mass is 9.78. The van der Waals surface area contributed by atoms with Gasteiger partial charge in [0, 0.05) is 28.6 Å². The molecule has 118 valence electrons. The highest BCUT2D eigenvalue weighted by Gasteiger charge is 2.32. The fourth-order valence-electron chi connectivity index (χ4n) is 2.75. The summed E-state index contributed by atoms with van der Waals surface area (Å²) in [6.45, 7) is 6.52. The lowest BCUT2D eigenvalue weighted by Gasteiger charge is -2.36. The lowest BCUT2D eigenvalue weighted by Crippen LogP contribution is -2.38. The molecule has 0 aromatic carbocycles. The second-order valence-corrected chi connectivity index (χ2v) is 7.20. The van der Waals surface area contributed by atoms with Gasteiger partial charge in [-0.2, -0.15) is 0 Å². The van der Waals surface area contributed by atoms with Crippen LogP contribution in [0.4, 0.5) is 5.95 Å². The predicted octanol–water partition coefficient (Wildman–Crippen LogP) is 3.82. The molecule has 1 unspecified atom stereocenters. The second kappa shape index (κ2) is 7.99. The molecule has 1 aromatic heterocycles. The minimum atomic E-state index is 0.404. The van der Waals surface area contributed by atoms with E-state index in [1.165, 1.54) is 25.7 Å². The van der Waals surface area contributed by atoms with Crippen molar-refractivity contribution in [3.05, 3.63) is 17.5 Å². The molecule has 0 bridgehead atoms. The van der Waals surface area contributed by atoms with E-state index in [0.29, 0.717) is 17.9 Å². The summed E-state index contributed by atoms with van der Waals surface area (Å²) in [6.07, 6.45) is 7.51. The van der Waals surface area contributed by atoms with Gasteiger partial charge in [0.05, 0.1) is 0 Å². The molecule has 1 aliphatic carbocycles. The zero-order valence-electron chi connectivity index (χ0n) is 13.4. The zero-order chi connectivity index (χ0) is 15.2. The summed E-state index contributed by atoms with van der Waals surface area (Å²) >= 11 is 1.94. The van der Waals surface area contributed by atoms with E-state index in [9.17, 15) is 0 Å². The first-order chi connectivity index (χ1) is 10.1. The van der Waals surface area contributed by atoms with Crippen LogP contribution in [0, 0.1) is 6.92 Å². The molecule has 1 aliphatic rings. The van der Waals surface area contributed by atoms with Crippen LogP contribution in [0.3, 0.4) is 0 Å². The Bertz CT molecular complexity index is 426. The first-order valence-corrected chi connectivity index (χ1v) is 9.02. The van der Waals surface area contributed by atoms with Gasteiger partial charge in [-0.05, 0) is 38.7 Å². The van der Waals surface area contributed by atoms with Crippen molar-refractivity contribution >= 4 is 17.9 Å². The average molecular weight is 308 g/mol. The van der Waals surface area contributed by atoms with E-state index in [4.69, 9.17) is 5.73 Å². The molecule has 1 aromatic rings. The number of aryl methyl sites for hydroxylation is 1. The van der Waals surface area contributed by atoms with Gasteiger partial charge in [0.1, 0.15) is 0 Å². The summed E-state index contributed by atoms with van der Waals surface area (Å²) in [5.74, 6) is 0.948. The van der Waals surface area contributed by atoms with Gasteiger partial charge in [0.15, 0.2) is 0 Å². The molecule has 1 fully saturated rings. The summed E-state index contributed by atoms with van der Waals surface area (Å²) in [7, 11) is 0. The van der Waals surface area contributed by atoms with Crippen LogP contribution in [0.25, 0.3) is 0 Å². The Hall–Kier alpha value is -0.810. The molecule has 0 spiro atoms. The van der Waals surface area contributed by atoms with E-state index in [2.05, 4.69) is 34.6 Å². The molecule has 1 saturated carbocycles. The third kappa shape index (κ3) is 4.85. The summed E-state index contributed by atoms with van der Waals surface area (Å²) < 4.78 is 3.65. The van der Waals surface area contributed by atoms with E-state index >= 15 is 0 Å². The molecule has 3 N–H and O–H groups in total. The number of nitrogens with one attached hydrogen (secondary N) is 1. The van der Waals surface area contributed by atoms with Crippen LogP contribution >= 0.6 is 11.9 Å². The highest BCUT2D eigenvalue weighted by Crippen LogP contribution is 2.37. The molecule has 2 rings (SSSR count). The van der Waals surface area contributed by atoms with Crippen molar-refractivity contribution in [3.8, 4) is 0 Å². The molecule has 0 radical (unpaired) electrons. The molecule has 21 heavy (non-hydrogen) atoms. The molecule has 0 saturated heterocycles. The van der Waals surface area contributed by atoms with Crippen LogP contribution in [0.5, 0.6) is 0 Å². The predicted molar refractivity (Wildman–Crippen MR) is 91.3 cm³/mol. The number of hydrogen-bond acceptors (Lipinski definition) is 5. The summed E-state index contributed by atoms with van der Waals surface area (Å²) in [4.78, 5) is 8.51. The Morgan fingerprint density at radius 2 is 2.14 bits per heavy atom. The van der Waals surface area contributed by atoms with Crippen molar-refractivity contribution in [2.24, 2.45) is 0 Å². The van der Waals surface area contributed by atoms with Crippen molar-refractivity contribution in [2.45, 2.75) is 76.5 Å². The molecular formula is C16H28N4S. The van der Waals surface area contributed by atoms with Gasteiger partial charge in [-0.25, -0.2) is 9.97 Å². The summed E-state index contributed by atoms with van der Waals surface area (Å²) in [6, 6.07) is 2.69. The topological polar surface area (TPSA) is 63.8 Å². The third-order valence-corrected chi connectivity index (χ3v) is 5.56. The van der Waals surface area contributed by atoms with Crippen molar-refractivity contribution in [3.63, 3.8) is 0 Å². The zero-order valence-corrected chi connectivity index (χ0v) is 14.2. The third-order valence-electron chi connectivity index (χ3n) is 4.18. The van der Waals surface area contributed by atoms with Gasteiger partial charge >= 0.3 is 0 Å². The van der Waals surface area contributed by atoms with Crippen LogP contribution in [0.15, 0.2) is 6.07 Å². The molecule has 1 atom stereocenters. The Morgan fingerprint density at radius 3 is 2.76 bits per heavy atom. The number of anilines is 1. The van der Waals surface area contributed by atoms with Crippen LogP contribution < -0.4 is 10.5 Å². The smallest absolute Gasteiger partial charge is 0.220 e. The van der Waals surface area contributed by atoms with E-state index in [0.717, 1.165) is 29.5 Å². The lowest BCUT2D eigenvalue weighted by molar-refractivity contribution is 0.327. The highest BCUT2D eigenvalue weighted by atomic mass is 32.2. The quantitative estimate of drug-likeness (QED) is 0.715. The van der Waals surface area contributed by atoms with Gasteiger partial charge in [-0.1, -0.05) is 38.6 Å². The van der Waals surface area contributed by atoms with Crippen LogP contribution in [0.2, 0.25) is 0 Å². The monoisotopic (exact) mass is 308 g/mol.